The zero-order valence-corrected chi connectivity index (χ0v) is 18.2. The number of hydrogen-bond donors (Lipinski definition) is 0. The van der Waals surface area contributed by atoms with Gasteiger partial charge in [0.15, 0.2) is 0 Å². The summed E-state index contributed by atoms with van der Waals surface area (Å²) >= 11 is 0. The summed E-state index contributed by atoms with van der Waals surface area (Å²) in [7, 11) is 0. The van der Waals surface area contributed by atoms with Crippen LogP contribution in [0.2, 0.25) is 0 Å². The molecule has 0 aromatic heterocycles. The van der Waals surface area contributed by atoms with Crippen molar-refractivity contribution >= 4 is 0 Å². The van der Waals surface area contributed by atoms with Crippen LogP contribution in [0.4, 0.5) is 0 Å². The van der Waals surface area contributed by atoms with E-state index in [4.69, 9.17) is 0 Å². The summed E-state index contributed by atoms with van der Waals surface area (Å²) in [6, 6.07) is 0. The third-order valence-electron chi connectivity index (χ3n) is 6.28. The molecular weight excluding hydrogens is 343 g/mol. The Hall–Kier alpha value is -0.157. The average Bonchev–Trinajstić information content (AvgIpc) is 2.91. The van der Waals surface area contributed by atoms with Crippen molar-refractivity contribution in [3.8, 4) is 0 Å². The Labute approximate surface area is 157 Å². The molecule has 22 heavy (non-hydrogen) atoms. The molecule has 118 valence electrons. The van der Waals surface area contributed by atoms with E-state index in [0.29, 0.717) is 10.8 Å². The third-order valence-corrected chi connectivity index (χ3v) is 6.28. The van der Waals surface area contributed by atoms with Gasteiger partial charge in [0.25, 0.3) is 0 Å². The zero-order chi connectivity index (χ0) is 16.2. The zero-order valence-electron chi connectivity index (χ0n) is 15.8. The van der Waals surface area contributed by atoms with Crippen LogP contribution in [0.15, 0.2) is 33.9 Å². The van der Waals surface area contributed by atoms with Gasteiger partial charge in [0.2, 0.25) is 0 Å². The minimum Gasteiger partial charge on any atom is -0.269 e. The number of fused-ring (bicyclic) bond motifs is 1. The smallest absolute Gasteiger partial charge is 0.269 e. The van der Waals surface area contributed by atoms with Gasteiger partial charge in [0, 0.05) is 0 Å². The molecule has 0 nitrogen and oxygen atoms in total. The molecule has 0 saturated heterocycles. The van der Waals surface area contributed by atoms with Crippen LogP contribution in [-0.4, -0.2) is 0 Å². The maximum absolute atomic E-state index is 3.44. The van der Waals surface area contributed by atoms with E-state index in [1.54, 1.807) is 5.57 Å². The second-order valence-electron chi connectivity index (χ2n) is 8.25. The Morgan fingerprint density at radius 2 is 1.45 bits per heavy atom. The molecular formula is C21H30Zr. The molecule has 0 bridgehead atoms. The van der Waals surface area contributed by atoms with Gasteiger partial charge in [0.1, 0.15) is 0 Å². The molecule has 0 aliphatic heterocycles. The second-order valence-corrected chi connectivity index (χ2v) is 8.25. The van der Waals surface area contributed by atoms with Gasteiger partial charge >= 0.3 is 26.2 Å². The molecule has 3 aliphatic carbocycles. The van der Waals surface area contributed by atoms with Gasteiger partial charge in [-0.1, -0.05) is 66.2 Å². The van der Waals surface area contributed by atoms with E-state index >= 15 is 0 Å². The molecule has 0 atom stereocenters. The van der Waals surface area contributed by atoms with Crippen molar-refractivity contribution in [1.29, 1.82) is 0 Å². The van der Waals surface area contributed by atoms with Gasteiger partial charge in [-0.25, -0.2) is 11.1 Å². The molecule has 0 aromatic rings. The minimum absolute atomic E-state index is 0. The van der Waals surface area contributed by atoms with Gasteiger partial charge in [-0.3, -0.25) is 12.2 Å². The van der Waals surface area contributed by atoms with Crippen LogP contribution in [-0.2, 0) is 26.2 Å². The van der Waals surface area contributed by atoms with E-state index in [2.05, 4.69) is 80.5 Å². The second kappa shape index (κ2) is 6.05. The topological polar surface area (TPSA) is 0 Å². The summed E-state index contributed by atoms with van der Waals surface area (Å²) < 4.78 is 0. The van der Waals surface area contributed by atoms with E-state index in [0.717, 1.165) is 6.42 Å². The molecule has 0 heterocycles. The van der Waals surface area contributed by atoms with Crippen molar-refractivity contribution in [3.63, 3.8) is 0 Å². The predicted octanol–water partition coefficient (Wildman–Crippen LogP) is 6.22. The standard InChI is InChI=1S/C11H15.C10H15.Zr/c1-10(2)8-6-5-7-9(8)11(10,3)4;1-7-6-10(4,5)9(3)8(7)2;/h6H,5H2,1-4H3;1-5H3;/q2*-1;+2. The molecule has 1 fully saturated rings. The first-order valence-electron chi connectivity index (χ1n) is 8.05. The molecule has 0 spiro atoms. The maximum atomic E-state index is 3.44. The Morgan fingerprint density at radius 1 is 0.909 bits per heavy atom. The molecule has 1 saturated carbocycles. The summed E-state index contributed by atoms with van der Waals surface area (Å²) in [6.07, 6.45) is 10.2. The number of allylic oxidation sites excluding steroid dienone is 8. The van der Waals surface area contributed by atoms with E-state index in [-0.39, 0.29) is 31.6 Å². The molecule has 0 N–H and O–H groups in total. The third kappa shape index (κ3) is 2.84. The average molecular weight is 374 g/mol. The van der Waals surface area contributed by atoms with Gasteiger partial charge < -0.3 is 0 Å². The van der Waals surface area contributed by atoms with Crippen molar-refractivity contribution in [2.75, 3.05) is 0 Å². The van der Waals surface area contributed by atoms with Crippen molar-refractivity contribution in [1.82, 2.24) is 0 Å². The Morgan fingerprint density at radius 3 is 1.77 bits per heavy atom. The van der Waals surface area contributed by atoms with Gasteiger partial charge in [-0.15, -0.1) is 13.3 Å². The Balaban J connectivity index is 0.000000212. The first-order valence-corrected chi connectivity index (χ1v) is 8.05. The fourth-order valence-corrected chi connectivity index (χ4v) is 3.57. The summed E-state index contributed by atoms with van der Waals surface area (Å²) in [6.45, 7) is 20.2. The fourth-order valence-electron chi connectivity index (χ4n) is 3.57. The van der Waals surface area contributed by atoms with Gasteiger partial charge in [-0.05, 0) is 5.41 Å². The molecule has 0 radical (unpaired) electrons. The largest absolute Gasteiger partial charge is 2.00 e. The normalized spacial score (nSPS) is 25.8. The summed E-state index contributed by atoms with van der Waals surface area (Å²) in [5.74, 6) is 0. The van der Waals surface area contributed by atoms with Crippen LogP contribution in [0.3, 0.4) is 0 Å². The van der Waals surface area contributed by atoms with E-state index < -0.39 is 0 Å². The van der Waals surface area contributed by atoms with Crippen molar-refractivity contribution in [3.05, 3.63) is 46.1 Å². The van der Waals surface area contributed by atoms with Crippen LogP contribution in [0, 0.1) is 28.4 Å². The summed E-state index contributed by atoms with van der Waals surface area (Å²) in [4.78, 5) is 0. The quantitative estimate of drug-likeness (QED) is 0.442. The fraction of sp³-hybridized carbons (Fsp3) is 0.619. The minimum atomic E-state index is 0. The van der Waals surface area contributed by atoms with E-state index in [1.165, 1.54) is 22.3 Å². The van der Waals surface area contributed by atoms with Crippen molar-refractivity contribution in [2.24, 2.45) is 16.2 Å². The Kier molecular flexibility index (Phi) is 5.47. The monoisotopic (exact) mass is 372 g/mol. The van der Waals surface area contributed by atoms with Crippen molar-refractivity contribution < 1.29 is 26.2 Å². The van der Waals surface area contributed by atoms with Crippen LogP contribution in [0.1, 0.15) is 68.7 Å². The Bertz CT molecular complexity index is 561. The molecule has 3 rings (SSSR count). The van der Waals surface area contributed by atoms with E-state index in [9.17, 15) is 0 Å². The molecule has 0 unspecified atom stereocenters. The van der Waals surface area contributed by atoms with Crippen LogP contribution < -0.4 is 0 Å². The number of rotatable bonds is 0. The molecule has 3 aliphatic rings. The van der Waals surface area contributed by atoms with Gasteiger partial charge in [0.05, 0.1) is 0 Å². The van der Waals surface area contributed by atoms with E-state index in [1.807, 2.05) is 0 Å². The van der Waals surface area contributed by atoms with Crippen molar-refractivity contribution in [2.45, 2.75) is 68.7 Å². The predicted molar refractivity (Wildman–Crippen MR) is 91.6 cm³/mol. The summed E-state index contributed by atoms with van der Waals surface area (Å²) in [5, 5.41) is 0. The SMILES string of the molecule is CC1(C)C2=[C-]CC=C2C1(C)C.CC1=[C-]C(C)(C)C(C)=C1C.[Zr+2]. The first kappa shape index (κ1) is 19.9. The van der Waals surface area contributed by atoms with Gasteiger partial charge in [-0.2, -0.15) is 22.8 Å². The molecule has 1 heteroatoms. The molecule has 0 amide bonds. The number of hydrogen-bond acceptors (Lipinski definition) is 0. The maximum Gasteiger partial charge on any atom is 2.00 e. The molecule has 0 aromatic carbocycles. The summed E-state index contributed by atoms with van der Waals surface area (Å²) in [5.41, 5.74) is 8.15. The van der Waals surface area contributed by atoms with Crippen LogP contribution in [0.5, 0.6) is 0 Å². The first-order chi connectivity index (χ1) is 9.43. The van der Waals surface area contributed by atoms with Crippen LogP contribution >= 0.6 is 0 Å². The van der Waals surface area contributed by atoms with Crippen LogP contribution in [0.25, 0.3) is 0 Å².